The van der Waals surface area contributed by atoms with Gasteiger partial charge in [-0.3, -0.25) is 9.05 Å². The van der Waals surface area contributed by atoms with E-state index in [1.807, 2.05) is 0 Å². The number of rotatable bonds is 6. The molecule has 0 bridgehead atoms. The minimum Gasteiger partial charge on any atom is -0.492 e. The van der Waals surface area contributed by atoms with Crippen LogP contribution in [0.4, 0.5) is 0 Å². The van der Waals surface area contributed by atoms with Crippen LogP contribution < -0.4 is 4.62 Å². The summed E-state index contributed by atoms with van der Waals surface area (Å²) < 4.78 is 26.9. The molecule has 0 aliphatic rings. The zero-order valence-corrected chi connectivity index (χ0v) is 9.89. The fourth-order valence-corrected chi connectivity index (χ4v) is 2.15. The van der Waals surface area contributed by atoms with Crippen molar-refractivity contribution in [1.29, 1.82) is 0 Å². The fraction of sp³-hybridized carbons (Fsp3) is 0.500. The van der Waals surface area contributed by atoms with E-state index in [0.717, 1.165) is 0 Å². The van der Waals surface area contributed by atoms with Crippen LogP contribution in [0.1, 0.15) is 13.8 Å². The van der Waals surface area contributed by atoms with E-state index in [9.17, 15) is 14.8 Å². The Kier molecular flexibility index (Phi) is 4.23. The lowest BCUT2D eigenvalue weighted by Crippen LogP contribution is -2.12. The summed E-state index contributed by atoms with van der Waals surface area (Å²) in [5.41, 5.74) is 0. The number of aromatic nitrogens is 1. The first-order valence-corrected chi connectivity index (χ1v) is 6.17. The minimum atomic E-state index is -3.82. The SMILES string of the molecule is CCOP(=O)(OCC)On1c(O)ccc1O. The lowest BCUT2D eigenvalue weighted by Gasteiger charge is -2.17. The second kappa shape index (κ2) is 5.25. The molecule has 1 aromatic rings. The van der Waals surface area contributed by atoms with Crippen molar-refractivity contribution >= 4 is 7.82 Å². The van der Waals surface area contributed by atoms with Crippen molar-refractivity contribution in [3.05, 3.63) is 12.1 Å². The van der Waals surface area contributed by atoms with Gasteiger partial charge in [-0.15, -0.1) is 4.73 Å². The van der Waals surface area contributed by atoms with Gasteiger partial charge in [-0.25, -0.2) is 4.57 Å². The highest BCUT2D eigenvalue weighted by atomic mass is 31.2. The van der Waals surface area contributed by atoms with Gasteiger partial charge >= 0.3 is 7.82 Å². The first-order valence-electron chi connectivity index (χ1n) is 4.71. The Morgan fingerprint density at radius 3 is 2.00 bits per heavy atom. The number of phosphoric acid groups is 1. The number of hydrogen-bond acceptors (Lipinski definition) is 6. The maximum atomic E-state index is 11.9. The number of phosphoric ester groups is 1. The van der Waals surface area contributed by atoms with Crippen LogP contribution in [0, 0.1) is 0 Å². The Morgan fingerprint density at radius 2 is 1.62 bits per heavy atom. The molecule has 0 aromatic carbocycles. The Bertz CT molecular complexity index is 360. The van der Waals surface area contributed by atoms with Gasteiger partial charge in [-0.1, -0.05) is 0 Å². The molecule has 0 radical (unpaired) electrons. The molecule has 8 heteroatoms. The predicted octanol–water partition coefficient (Wildman–Crippen LogP) is 1.51. The van der Waals surface area contributed by atoms with Gasteiger partial charge in [-0.05, 0) is 13.8 Å². The molecule has 7 nitrogen and oxygen atoms in total. The van der Waals surface area contributed by atoms with Gasteiger partial charge < -0.3 is 14.8 Å². The van der Waals surface area contributed by atoms with E-state index in [2.05, 4.69) is 0 Å². The summed E-state index contributed by atoms with van der Waals surface area (Å²) in [5.74, 6) is -0.811. The topological polar surface area (TPSA) is 90.2 Å². The summed E-state index contributed by atoms with van der Waals surface area (Å²) in [4.78, 5) is 0. The molecule has 1 heterocycles. The van der Waals surface area contributed by atoms with Crippen LogP contribution in [-0.2, 0) is 13.6 Å². The van der Waals surface area contributed by atoms with E-state index < -0.39 is 19.6 Å². The Morgan fingerprint density at radius 1 is 1.19 bits per heavy atom. The van der Waals surface area contributed by atoms with E-state index in [-0.39, 0.29) is 13.2 Å². The average molecular weight is 251 g/mol. The quantitative estimate of drug-likeness (QED) is 0.745. The van der Waals surface area contributed by atoms with E-state index in [0.29, 0.717) is 4.73 Å². The molecular weight excluding hydrogens is 237 g/mol. The molecule has 0 fully saturated rings. The largest absolute Gasteiger partial charge is 0.549 e. The summed E-state index contributed by atoms with van der Waals surface area (Å²) in [6.07, 6.45) is 0. The lowest BCUT2D eigenvalue weighted by molar-refractivity contribution is 0.0933. The van der Waals surface area contributed by atoms with Crippen LogP contribution in [0.5, 0.6) is 11.8 Å². The third-order valence-corrected chi connectivity index (χ3v) is 3.07. The summed E-state index contributed by atoms with van der Waals surface area (Å²) >= 11 is 0. The molecule has 0 spiro atoms. The molecule has 0 amide bonds. The van der Waals surface area contributed by atoms with Gasteiger partial charge in [0.15, 0.2) is 0 Å². The molecule has 0 unspecified atom stereocenters. The lowest BCUT2D eigenvalue weighted by atomic mass is 10.6. The molecular formula is C8H14NO6P. The third-order valence-electron chi connectivity index (χ3n) is 1.55. The van der Waals surface area contributed by atoms with Crippen molar-refractivity contribution in [2.45, 2.75) is 13.8 Å². The minimum absolute atomic E-state index is 0.111. The fourth-order valence-electron chi connectivity index (χ4n) is 0.986. The molecule has 0 saturated carbocycles. The van der Waals surface area contributed by atoms with Gasteiger partial charge in [0.25, 0.3) is 0 Å². The van der Waals surface area contributed by atoms with Crippen LogP contribution in [0.25, 0.3) is 0 Å². The van der Waals surface area contributed by atoms with Crippen LogP contribution in [0.15, 0.2) is 12.1 Å². The van der Waals surface area contributed by atoms with Crippen molar-refractivity contribution in [2.75, 3.05) is 13.2 Å². The highest BCUT2D eigenvalue weighted by Gasteiger charge is 2.30. The van der Waals surface area contributed by atoms with E-state index in [4.69, 9.17) is 13.7 Å². The molecule has 0 aliphatic heterocycles. The first-order chi connectivity index (χ1) is 7.52. The number of nitrogens with zero attached hydrogens (tertiary/aromatic N) is 1. The standard InChI is InChI=1S/C8H14NO6P/c1-3-13-16(12,14-4-2)15-9-7(10)5-6-8(9)11/h5-6,10-11H,3-4H2,1-2H3. The van der Waals surface area contributed by atoms with Gasteiger partial charge in [0.05, 0.1) is 13.2 Å². The van der Waals surface area contributed by atoms with Gasteiger partial charge in [0, 0.05) is 12.1 Å². The predicted molar refractivity (Wildman–Crippen MR) is 55.2 cm³/mol. The monoisotopic (exact) mass is 251 g/mol. The maximum Gasteiger partial charge on any atom is 0.549 e. The van der Waals surface area contributed by atoms with Crippen LogP contribution in [0.2, 0.25) is 0 Å². The number of aromatic hydroxyl groups is 2. The zero-order chi connectivity index (χ0) is 12.2. The summed E-state index contributed by atoms with van der Waals surface area (Å²) in [7, 11) is -3.82. The Labute approximate surface area is 92.7 Å². The van der Waals surface area contributed by atoms with Crippen molar-refractivity contribution < 1.29 is 28.5 Å². The van der Waals surface area contributed by atoms with Crippen LogP contribution >= 0.6 is 7.82 Å². The summed E-state index contributed by atoms with van der Waals surface area (Å²) in [5, 5.41) is 18.6. The van der Waals surface area contributed by atoms with Gasteiger partial charge in [0.2, 0.25) is 11.8 Å². The number of hydrogen-bond donors (Lipinski definition) is 2. The van der Waals surface area contributed by atoms with Gasteiger partial charge in [0.1, 0.15) is 0 Å². The van der Waals surface area contributed by atoms with Crippen molar-refractivity contribution in [3.8, 4) is 11.8 Å². The molecule has 0 saturated heterocycles. The molecule has 1 aromatic heterocycles. The van der Waals surface area contributed by atoms with E-state index in [1.54, 1.807) is 13.8 Å². The van der Waals surface area contributed by atoms with E-state index >= 15 is 0 Å². The first kappa shape index (κ1) is 12.9. The summed E-state index contributed by atoms with van der Waals surface area (Å²) in [6.45, 7) is 3.45. The normalized spacial score (nSPS) is 11.6. The van der Waals surface area contributed by atoms with Crippen LogP contribution in [-0.4, -0.2) is 28.2 Å². The van der Waals surface area contributed by atoms with Crippen molar-refractivity contribution in [3.63, 3.8) is 0 Å². The molecule has 16 heavy (non-hydrogen) atoms. The second-order valence-electron chi connectivity index (χ2n) is 2.71. The second-order valence-corrected chi connectivity index (χ2v) is 4.28. The third kappa shape index (κ3) is 2.91. The highest BCUT2D eigenvalue weighted by Crippen LogP contribution is 2.47. The van der Waals surface area contributed by atoms with Crippen molar-refractivity contribution in [2.24, 2.45) is 0 Å². The molecule has 1 rings (SSSR count). The summed E-state index contributed by atoms with van der Waals surface area (Å²) in [6, 6.07) is 2.36. The van der Waals surface area contributed by atoms with Crippen LogP contribution in [0.3, 0.4) is 0 Å². The smallest absolute Gasteiger partial charge is 0.492 e. The molecule has 92 valence electrons. The molecule has 0 aliphatic carbocycles. The Hall–Kier alpha value is -1.17. The molecule has 2 N–H and O–H groups in total. The maximum absolute atomic E-state index is 11.9. The van der Waals surface area contributed by atoms with E-state index in [1.165, 1.54) is 12.1 Å². The molecule has 0 atom stereocenters. The van der Waals surface area contributed by atoms with Crippen molar-refractivity contribution in [1.82, 2.24) is 4.73 Å². The van der Waals surface area contributed by atoms with Gasteiger partial charge in [-0.2, -0.15) is 0 Å². The Balaban J connectivity index is 2.87. The zero-order valence-electron chi connectivity index (χ0n) is 8.99. The average Bonchev–Trinajstić information content (AvgIpc) is 2.50. The highest BCUT2D eigenvalue weighted by molar-refractivity contribution is 7.48.